The molecule has 0 aliphatic heterocycles. The first-order valence-electron chi connectivity index (χ1n) is 17.3. The lowest BCUT2D eigenvalue weighted by molar-refractivity contribution is -0.141. The van der Waals surface area contributed by atoms with Crippen LogP contribution in [0.3, 0.4) is 0 Å². The largest absolute Gasteiger partial charge is 0.480 e. The molecule has 0 heterocycles. The number of rotatable bonds is 21. The quantitative estimate of drug-likeness (QED) is 0.0912. The molecule has 1 rings (SSSR count). The van der Waals surface area contributed by atoms with Crippen molar-refractivity contribution < 1.29 is 47.9 Å². The summed E-state index contributed by atoms with van der Waals surface area (Å²) < 4.78 is 19.7. The van der Waals surface area contributed by atoms with Crippen LogP contribution in [-0.4, -0.2) is 81.6 Å². The van der Waals surface area contributed by atoms with Crippen molar-refractivity contribution in [2.45, 2.75) is 125 Å². The first-order chi connectivity index (χ1) is 23.5. The molecule has 16 heteroatoms. The molecule has 0 aliphatic rings. The Balaban J connectivity index is 3.33. The molecule has 1 unspecified atom stereocenters. The molecule has 1 aromatic rings. The van der Waals surface area contributed by atoms with Crippen molar-refractivity contribution in [1.82, 2.24) is 26.6 Å². The zero-order chi connectivity index (χ0) is 39.2. The second kappa shape index (κ2) is 20.9. The molecule has 15 nitrogen and oxygen atoms in total. The molecule has 0 bridgehead atoms. The molecule has 0 saturated heterocycles. The first-order valence-corrected chi connectivity index (χ1v) is 19.0. The Bertz CT molecular complexity index is 1390. The fourth-order valence-electron chi connectivity index (χ4n) is 4.92. The molecule has 5 amide bonds. The summed E-state index contributed by atoms with van der Waals surface area (Å²) in [7, 11) is -4.87. The van der Waals surface area contributed by atoms with Crippen LogP contribution in [0.25, 0.3) is 0 Å². The van der Waals surface area contributed by atoms with Gasteiger partial charge in [-0.1, -0.05) is 85.7 Å². The number of amides is 5. The zero-order valence-corrected chi connectivity index (χ0v) is 32.3. The number of aliphatic carboxylic acids is 1. The molecule has 1 aromatic carbocycles. The van der Waals surface area contributed by atoms with Gasteiger partial charge in [0.1, 0.15) is 36.1 Å². The highest BCUT2D eigenvalue weighted by Gasteiger charge is 2.41. The minimum absolute atomic E-state index is 0.0380. The third-order valence-corrected chi connectivity index (χ3v) is 9.50. The molecule has 0 aliphatic carbocycles. The lowest BCUT2D eigenvalue weighted by Gasteiger charge is -2.31. The van der Waals surface area contributed by atoms with Crippen LogP contribution < -0.4 is 26.6 Å². The van der Waals surface area contributed by atoms with Crippen molar-refractivity contribution in [2.75, 3.05) is 0 Å². The van der Waals surface area contributed by atoms with E-state index < -0.39 is 79.2 Å². The van der Waals surface area contributed by atoms with Gasteiger partial charge in [0.2, 0.25) is 23.6 Å². The highest BCUT2D eigenvalue weighted by Crippen LogP contribution is 2.50. The normalized spacial score (nSPS) is 16.3. The Kier molecular flexibility index (Phi) is 18.5. The summed E-state index contributed by atoms with van der Waals surface area (Å²) in [6.45, 7) is 16.7. The van der Waals surface area contributed by atoms with E-state index in [0.29, 0.717) is 5.56 Å². The van der Waals surface area contributed by atoms with Gasteiger partial charge in [-0.05, 0) is 49.5 Å². The second-order valence-electron chi connectivity index (χ2n) is 14.4. The van der Waals surface area contributed by atoms with Crippen LogP contribution in [0.1, 0.15) is 87.6 Å². The number of hydrogen-bond acceptors (Lipinski definition) is 8. The second-order valence-corrected chi connectivity index (χ2v) is 16.4. The third kappa shape index (κ3) is 16.0. The number of benzene rings is 1. The molecule has 7 N–H and O–H groups in total. The van der Waals surface area contributed by atoms with E-state index in [-0.39, 0.29) is 42.9 Å². The van der Waals surface area contributed by atoms with E-state index >= 15 is 0 Å². The van der Waals surface area contributed by atoms with Crippen LogP contribution in [0, 0.1) is 23.7 Å². The number of carboxylic acids is 1. The van der Waals surface area contributed by atoms with Crippen LogP contribution in [0.4, 0.5) is 0 Å². The van der Waals surface area contributed by atoms with E-state index in [1.807, 2.05) is 13.8 Å². The van der Waals surface area contributed by atoms with Gasteiger partial charge in [-0.25, -0.2) is 0 Å². The smallest absolute Gasteiger partial charge is 0.350 e. The van der Waals surface area contributed by atoms with E-state index in [1.54, 1.807) is 71.9 Å². The van der Waals surface area contributed by atoms with Crippen LogP contribution >= 0.6 is 7.60 Å². The lowest BCUT2D eigenvalue weighted by atomic mass is 9.99. The monoisotopic (exact) mass is 739 g/mol. The van der Waals surface area contributed by atoms with Gasteiger partial charge < -0.3 is 36.6 Å². The Labute approximate surface area is 301 Å². The summed E-state index contributed by atoms with van der Waals surface area (Å²) in [6.07, 6.45) is -1.61. The van der Waals surface area contributed by atoms with Gasteiger partial charge in [-0.15, -0.1) is 0 Å². The summed E-state index contributed by atoms with van der Waals surface area (Å²) in [6, 6.07) is 3.95. The Morgan fingerprint density at radius 1 is 0.667 bits per heavy atom. The van der Waals surface area contributed by atoms with Gasteiger partial charge in [0, 0.05) is 12.8 Å². The van der Waals surface area contributed by atoms with Crippen molar-refractivity contribution in [3.8, 4) is 0 Å². The van der Waals surface area contributed by atoms with Crippen molar-refractivity contribution in [2.24, 2.45) is 23.7 Å². The number of nitrogens with one attached hydrogen (secondary N) is 5. The molecule has 288 valence electrons. The molecular formula is C35H58N5O10P. The molecule has 0 fully saturated rings. The highest BCUT2D eigenvalue weighted by atomic mass is 31.2. The number of carbonyl (C=O) groups excluding carboxylic acids is 5. The van der Waals surface area contributed by atoms with Gasteiger partial charge in [-0.3, -0.25) is 37.9 Å². The molecule has 0 saturated carbocycles. The summed E-state index contributed by atoms with van der Waals surface area (Å²) in [4.78, 5) is 88.2. The average Bonchev–Trinajstić information content (AvgIpc) is 3.00. The summed E-state index contributed by atoms with van der Waals surface area (Å²) in [5.74, 6) is -7.09. The van der Waals surface area contributed by atoms with Crippen molar-refractivity contribution >= 4 is 43.1 Å². The van der Waals surface area contributed by atoms with Crippen LogP contribution in [0.2, 0.25) is 0 Å². The highest BCUT2D eigenvalue weighted by molar-refractivity contribution is 7.53. The zero-order valence-electron chi connectivity index (χ0n) is 31.4. The maximum absolute atomic E-state index is 14.0. The van der Waals surface area contributed by atoms with Crippen molar-refractivity contribution in [1.29, 1.82) is 0 Å². The predicted molar refractivity (Wildman–Crippen MR) is 192 cm³/mol. The topological polar surface area (TPSA) is 229 Å². The molecule has 7 atom stereocenters. The van der Waals surface area contributed by atoms with Crippen molar-refractivity contribution in [3.63, 3.8) is 0 Å². The fourth-order valence-corrected chi connectivity index (χ4v) is 6.58. The molecule has 51 heavy (non-hydrogen) atoms. The third-order valence-electron chi connectivity index (χ3n) is 7.82. The standard InChI is InChI=1S/C35H58N5O10P/c1-19(2)16-27(41)38-29(21(5)6)34(45)40-30(22(7)8)33(44)39-28(17-20(3)4)51(48,49)50-26(18-25-14-12-11-13-15-25)32(43)36-23(9)31(42)37-24(10)35(46)47/h11-15,19-24,26,28-30H,16-18H2,1-10H3,(H,36,43)(H,37,42)(H,38,41)(H,39,44)(H,40,45)(H,46,47)(H,48,49)/t23-,24-,26-,28+,29-,30-/m0/s1. The van der Waals surface area contributed by atoms with Gasteiger partial charge in [-0.2, -0.15) is 0 Å². The van der Waals surface area contributed by atoms with Gasteiger partial charge in [0.25, 0.3) is 5.91 Å². The van der Waals surface area contributed by atoms with E-state index in [0.717, 1.165) is 0 Å². The van der Waals surface area contributed by atoms with E-state index in [1.165, 1.54) is 13.8 Å². The Morgan fingerprint density at radius 2 is 1.18 bits per heavy atom. The van der Waals surface area contributed by atoms with Crippen LogP contribution in [0.5, 0.6) is 0 Å². The van der Waals surface area contributed by atoms with Crippen LogP contribution in [-0.2, 0) is 44.3 Å². The number of hydrogen-bond donors (Lipinski definition) is 7. The molecule has 0 aromatic heterocycles. The Morgan fingerprint density at radius 3 is 1.67 bits per heavy atom. The molecular weight excluding hydrogens is 681 g/mol. The van der Waals surface area contributed by atoms with Crippen LogP contribution in [0.15, 0.2) is 30.3 Å². The van der Waals surface area contributed by atoms with E-state index in [9.17, 15) is 38.2 Å². The average molecular weight is 740 g/mol. The summed E-state index contributed by atoms with van der Waals surface area (Å²) in [5, 5.41) is 21.8. The predicted octanol–water partition coefficient (Wildman–Crippen LogP) is 2.71. The minimum atomic E-state index is -4.87. The molecule has 0 radical (unpaired) electrons. The Hall–Kier alpha value is -3.81. The number of carboxylic acid groups (broad SMARTS) is 1. The van der Waals surface area contributed by atoms with Gasteiger partial charge in [0.15, 0.2) is 0 Å². The van der Waals surface area contributed by atoms with Gasteiger partial charge in [0.05, 0.1) is 0 Å². The van der Waals surface area contributed by atoms with E-state index in [2.05, 4.69) is 26.6 Å². The molecule has 0 spiro atoms. The first kappa shape index (κ1) is 45.2. The fraction of sp³-hybridized carbons (Fsp3) is 0.657. The van der Waals surface area contributed by atoms with Gasteiger partial charge >= 0.3 is 13.6 Å². The SMILES string of the molecule is CC(C)CC(=O)N[C@H](C(=O)N[C@H](C(=O)N[C@@H](CC(C)C)P(=O)(O)O[C@@H](Cc1ccccc1)C(=O)N[C@@H](C)C(=O)N[C@@H](C)C(=O)O)C(C)C)C(C)C. The summed E-state index contributed by atoms with van der Waals surface area (Å²) >= 11 is 0. The maximum Gasteiger partial charge on any atom is 0.350 e. The van der Waals surface area contributed by atoms with Crippen molar-refractivity contribution in [3.05, 3.63) is 35.9 Å². The summed E-state index contributed by atoms with van der Waals surface area (Å²) in [5.41, 5.74) is 0.571. The van der Waals surface area contributed by atoms with E-state index in [4.69, 9.17) is 9.63 Å². The number of carbonyl (C=O) groups is 6. The maximum atomic E-state index is 14.0. The minimum Gasteiger partial charge on any atom is -0.480 e. The lowest BCUT2D eigenvalue weighted by Crippen LogP contribution is -2.58.